The highest BCUT2D eigenvalue weighted by Gasteiger charge is 2.25. The number of rotatable bonds is 3. The molecule has 1 N–H and O–H groups in total. The lowest BCUT2D eigenvalue weighted by Crippen LogP contribution is -2.09. The van der Waals surface area contributed by atoms with Gasteiger partial charge in [-0.25, -0.2) is 16.8 Å². The quantitative estimate of drug-likeness (QED) is 0.930. The molecule has 0 aliphatic carbocycles. The molecule has 0 atom stereocenters. The molecule has 0 spiro atoms. The summed E-state index contributed by atoms with van der Waals surface area (Å²) in [5.41, 5.74) is 0. The van der Waals surface area contributed by atoms with E-state index >= 15 is 0 Å². The molecule has 20 heavy (non-hydrogen) atoms. The Morgan fingerprint density at radius 1 is 0.800 bits per heavy atom. The van der Waals surface area contributed by atoms with Crippen LogP contribution in [0.25, 0.3) is 0 Å². The summed E-state index contributed by atoms with van der Waals surface area (Å²) in [7, 11) is -7.62. The highest BCUT2D eigenvalue weighted by Crippen LogP contribution is 2.27. The Bertz CT molecular complexity index is 835. The maximum absolute atomic E-state index is 12.5. The van der Waals surface area contributed by atoms with Gasteiger partial charge in [-0.1, -0.05) is 12.1 Å². The van der Waals surface area contributed by atoms with E-state index in [0.717, 1.165) is 6.26 Å². The van der Waals surface area contributed by atoms with Crippen molar-refractivity contribution in [2.24, 2.45) is 0 Å². The number of aromatic hydroxyl groups is 1. The predicted octanol–water partition coefficient (Wildman–Crippen LogP) is 1.63. The summed E-state index contributed by atoms with van der Waals surface area (Å²) >= 11 is 0. The van der Waals surface area contributed by atoms with Crippen LogP contribution in [0, 0.1) is 0 Å². The van der Waals surface area contributed by atoms with Crippen molar-refractivity contribution in [2.75, 3.05) is 6.26 Å². The Labute approximate surface area is 117 Å². The van der Waals surface area contributed by atoms with Gasteiger partial charge in [-0.05, 0) is 36.4 Å². The number of phenolic OH excluding ortho intramolecular Hbond substituents is 1. The summed E-state index contributed by atoms with van der Waals surface area (Å²) in [5, 5.41) is 9.19. The second-order valence-corrected chi connectivity index (χ2v) is 8.12. The maximum Gasteiger partial charge on any atom is 0.207 e. The summed E-state index contributed by atoms with van der Waals surface area (Å²) in [4.78, 5) is -0.590. The minimum absolute atomic E-state index is 0.0691. The van der Waals surface area contributed by atoms with E-state index in [1.807, 2.05) is 0 Å². The molecule has 0 heterocycles. The van der Waals surface area contributed by atoms with E-state index in [2.05, 4.69) is 0 Å². The third-order valence-corrected chi connectivity index (χ3v) is 5.80. The van der Waals surface area contributed by atoms with Gasteiger partial charge in [0.25, 0.3) is 0 Å². The van der Waals surface area contributed by atoms with Crippen LogP contribution in [-0.2, 0) is 19.7 Å². The van der Waals surface area contributed by atoms with Crippen LogP contribution in [0.5, 0.6) is 5.75 Å². The van der Waals surface area contributed by atoms with Gasteiger partial charge in [0.1, 0.15) is 5.75 Å². The highest BCUT2D eigenvalue weighted by atomic mass is 32.2. The molecule has 0 amide bonds. The first kappa shape index (κ1) is 14.5. The number of sulfone groups is 2. The summed E-state index contributed by atoms with van der Waals surface area (Å²) in [6.07, 6.45) is 0.957. The van der Waals surface area contributed by atoms with E-state index < -0.39 is 19.7 Å². The first-order chi connectivity index (χ1) is 9.23. The van der Waals surface area contributed by atoms with E-state index in [9.17, 15) is 21.9 Å². The van der Waals surface area contributed by atoms with Gasteiger partial charge in [0, 0.05) is 6.26 Å². The van der Waals surface area contributed by atoms with E-state index in [0.29, 0.717) is 0 Å². The monoisotopic (exact) mass is 312 g/mol. The maximum atomic E-state index is 12.5. The molecule has 0 aromatic heterocycles. The molecule has 0 bridgehead atoms. The van der Waals surface area contributed by atoms with Crippen LogP contribution in [-0.4, -0.2) is 28.2 Å². The smallest absolute Gasteiger partial charge is 0.207 e. The van der Waals surface area contributed by atoms with Crippen LogP contribution in [0.3, 0.4) is 0 Å². The zero-order chi connectivity index (χ0) is 15.0. The van der Waals surface area contributed by atoms with Crippen molar-refractivity contribution in [2.45, 2.75) is 14.7 Å². The van der Waals surface area contributed by atoms with Crippen molar-refractivity contribution < 1.29 is 21.9 Å². The zero-order valence-electron chi connectivity index (χ0n) is 10.5. The van der Waals surface area contributed by atoms with Crippen LogP contribution in [0.2, 0.25) is 0 Å². The van der Waals surface area contributed by atoms with Crippen molar-refractivity contribution in [1.29, 1.82) is 0 Å². The fourth-order valence-electron chi connectivity index (χ4n) is 1.73. The lowest BCUT2D eigenvalue weighted by Gasteiger charge is -2.09. The third kappa shape index (κ3) is 2.68. The average molecular weight is 312 g/mol. The molecular weight excluding hydrogens is 300 g/mol. The standard InChI is InChI=1S/C13H12O5S2/c1-19(15,16)12-4-2-3-5-13(12)20(17,18)11-8-6-10(14)7-9-11/h2-9,14H,1H3. The van der Waals surface area contributed by atoms with Crippen LogP contribution in [0.15, 0.2) is 63.2 Å². The van der Waals surface area contributed by atoms with Crippen molar-refractivity contribution in [3.63, 3.8) is 0 Å². The highest BCUT2D eigenvalue weighted by molar-refractivity contribution is 7.94. The van der Waals surface area contributed by atoms with Gasteiger partial charge in [-0.15, -0.1) is 0 Å². The SMILES string of the molecule is CS(=O)(=O)c1ccccc1S(=O)(=O)c1ccc(O)cc1. The largest absolute Gasteiger partial charge is 0.508 e. The topological polar surface area (TPSA) is 88.5 Å². The van der Waals surface area contributed by atoms with Crippen molar-refractivity contribution >= 4 is 19.7 Å². The number of benzene rings is 2. The molecule has 7 heteroatoms. The lowest BCUT2D eigenvalue weighted by atomic mass is 10.3. The molecule has 0 fully saturated rings. The molecule has 2 aromatic carbocycles. The molecule has 2 aromatic rings. The predicted molar refractivity (Wildman–Crippen MR) is 73.1 cm³/mol. The fourth-order valence-corrected chi connectivity index (χ4v) is 4.61. The van der Waals surface area contributed by atoms with Crippen molar-refractivity contribution in [3.8, 4) is 5.75 Å². The number of hydrogen-bond donors (Lipinski definition) is 1. The Morgan fingerprint density at radius 3 is 1.80 bits per heavy atom. The van der Waals surface area contributed by atoms with Gasteiger partial charge in [0.15, 0.2) is 9.84 Å². The summed E-state index contributed by atoms with van der Waals surface area (Å²) < 4.78 is 48.3. The first-order valence-corrected chi connectivity index (χ1v) is 8.93. The average Bonchev–Trinajstić information content (AvgIpc) is 2.38. The molecule has 0 unspecified atom stereocenters. The Balaban J connectivity index is 2.71. The van der Waals surface area contributed by atoms with Gasteiger partial charge in [0.05, 0.1) is 14.7 Å². The molecule has 2 rings (SSSR count). The minimum atomic E-state index is -3.96. The fraction of sp³-hybridized carbons (Fsp3) is 0.0769. The molecule has 0 saturated carbocycles. The second kappa shape index (κ2) is 4.92. The lowest BCUT2D eigenvalue weighted by molar-refractivity contribution is 0.474. The molecule has 0 aliphatic heterocycles. The second-order valence-electron chi connectivity index (χ2n) is 4.22. The van der Waals surface area contributed by atoms with Crippen LogP contribution < -0.4 is 0 Å². The Kier molecular flexibility index (Phi) is 3.58. The van der Waals surface area contributed by atoms with Gasteiger partial charge >= 0.3 is 0 Å². The summed E-state index contributed by atoms with van der Waals surface area (Å²) in [5.74, 6) is -0.0691. The Morgan fingerprint density at radius 2 is 1.30 bits per heavy atom. The van der Waals surface area contributed by atoms with E-state index in [4.69, 9.17) is 0 Å². The summed E-state index contributed by atoms with van der Waals surface area (Å²) in [6, 6.07) is 10.3. The van der Waals surface area contributed by atoms with E-state index in [-0.39, 0.29) is 20.4 Å². The van der Waals surface area contributed by atoms with E-state index in [1.165, 1.54) is 48.5 Å². The van der Waals surface area contributed by atoms with Gasteiger partial charge in [-0.3, -0.25) is 0 Å². The van der Waals surface area contributed by atoms with Gasteiger partial charge < -0.3 is 5.11 Å². The minimum Gasteiger partial charge on any atom is -0.508 e. The number of hydrogen-bond acceptors (Lipinski definition) is 5. The van der Waals surface area contributed by atoms with Crippen molar-refractivity contribution in [3.05, 3.63) is 48.5 Å². The van der Waals surface area contributed by atoms with Crippen LogP contribution >= 0.6 is 0 Å². The third-order valence-electron chi connectivity index (χ3n) is 2.69. The molecule has 0 aliphatic rings. The molecule has 0 saturated heterocycles. The Hall–Kier alpha value is -1.86. The zero-order valence-corrected chi connectivity index (χ0v) is 12.1. The molecule has 5 nitrogen and oxygen atoms in total. The van der Waals surface area contributed by atoms with Crippen LogP contribution in [0.1, 0.15) is 0 Å². The first-order valence-electron chi connectivity index (χ1n) is 5.56. The van der Waals surface area contributed by atoms with Crippen LogP contribution in [0.4, 0.5) is 0 Å². The molecular formula is C13H12O5S2. The molecule has 0 radical (unpaired) electrons. The van der Waals surface area contributed by atoms with Gasteiger partial charge in [0.2, 0.25) is 9.84 Å². The molecule has 106 valence electrons. The normalized spacial score (nSPS) is 12.2. The van der Waals surface area contributed by atoms with Crippen molar-refractivity contribution in [1.82, 2.24) is 0 Å². The summed E-state index contributed by atoms with van der Waals surface area (Å²) in [6.45, 7) is 0. The number of phenols is 1. The van der Waals surface area contributed by atoms with Gasteiger partial charge in [-0.2, -0.15) is 0 Å². The van der Waals surface area contributed by atoms with E-state index in [1.54, 1.807) is 0 Å².